The summed E-state index contributed by atoms with van der Waals surface area (Å²) < 4.78 is 35.9. The molecule has 3 heterocycles. The molecule has 0 radical (unpaired) electrons. The Hall–Kier alpha value is -2.84. The first kappa shape index (κ1) is 40.8. The average molecular weight is 763 g/mol. The number of rotatable bonds is 13. The maximum absolute atomic E-state index is 13.3. The average Bonchev–Trinajstić information content (AvgIpc) is 3.18. The van der Waals surface area contributed by atoms with E-state index in [1.165, 1.54) is 6.92 Å². The maximum atomic E-state index is 13.3. The van der Waals surface area contributed by atoms with E-state index in [4.69, 9.17) is 28.4 Å². The van der Waals surface area contributed by atoms with E-state index in [-0.39, 0.29) is 31.9 Å². The second-order valence-electron chi connectivity index (χ2n) is 14.8. The van der Waals surface area contributed by atoms with Crippen LogP contribution in [0.1, 0.15) is 62.2 Å². The van der Waals surface area contributed by atoms with Gasteiger partial charge in [-0.15, -0.1) is 0 Å². The van der Waals surface area contributed by atoms with Crippen LogP contribution in [0.15, 0.2) is 42.5 Å². The molecule has 6 rings (SSSR count). The smallest absolute Gasteiger partial charge is 0.251 e. The lowest BCUT2D eigenvalue weighted by molar-refractivity contribution is -0.359. The van der Waals surface area contributed by atoms with Gasteiger partial charge in [0, 0.05) is 18.7 Å². The fraction of sp³-hybridized carbons (Fsp3) is 0.684. The van der Waals surface area contributed by atoms with Crippen LogP contribution in [-0.4, -0.2) is 148 Å². The minimum atomic E-state index is -1.75. The highest BCUT2D eigenvalue weighted by Crippen LogP contribution is 2.34. The number of hydrogen-bond acceptors (Lipinski definition) is 15. The molecule has 0 spiro atoms. The van der Waals surface area contributed by atoms with Crippen LogP contribution in [0.5, 0.6) is 0 Å². The summed E-state index contributed by atoms with van der Waals surface area (Å²) >= 11 is 0. The van der Waals surface area contributed by atoms with Gasteiger partial charge in [-0.3, -0.25) is 4.79 Å². The first-order valence-corrected chi connectivity index (χ1v) is 18.8. The summed E-state index contributed by atoms with van der Waals surface area (Å²) in [6, 6.07) is 12.8. The van der Waals surface area contributed by atoms with E-state index in [0.29, 0.717) is 5.56 Å². The summed E-state index contributed by atoms with van der Waals surface area (Å²) in [6.45, 7) is 0.731. The van der Waals surface area contributed by atoms with Crippen molar-refractivity contribution in [1.82, 2.24) is 5.32 Å². The van der Waals surface area contributed by atoms with Crippen LogP contribution in [-0.2, 0) is 33.2 Å². The number of ether oxygens (including phenoxy) is 6. The highest BCUT2D eigenvalue weighted by molar-refractivity contribution is 5.98. The number of amides is 1. The highest BCUT2D eigenvalue weighted by Gasteiger charge is 2.51. The molecule has 1 amide bonds. The molecule has 1 saturated carbocycles. The molecule has 2 aromatic rings. The normalized spacial score (nSPS) is 37.1. The minimum absolute atomic E-state index is 0.0648. The number of nitrogens with one attached hydrogen (secondary N) is 1. The zero-order valence-electron chi connectivity index (χ0n) is 30.1. The van der Waals surface area contributed by atoms with Crippen LogP contribution < -0.4 is 10.4 Å². The standard InChI is InChI=1S/C38H53NO15/c1-19-28(41)30(43)31(44)37(50-19)54-33-24(13-14-49-26(33)17-39-35(46)23-12-11-21-9-5-6-10-22(21)16-23)52-38-32(45)34(29(42)27(18-40)53-38)51-25(36(47)48)15-20-7-3-2-4-8-20/h5-6,9-12,16,19-20,24-34,37-38,40-45H,2-4,7-8,13-15,17-18H2,1H3,(H,39,46)(H,47,48)/p-1. The molecule has 1 aliphatic carbocycles. The molecule has 0 aromatic heterocycles. The van der Waals surface area contributed by atoms with Crippen LogP contribution in [0.2, 0.25) is 0 Å². The molecule has 16 nitrogen and oxygen atoms in total. The fourth-order valence-corrected chi connectivity index (χ4v) is 7.86. The van der Waals surface area contributed by atoms with Gasteiger partial charge < -0.3 is 74.3 Å². The van der Waals surface area contributed by atoms with Crippen LogP contribution >= 0.6 is 0 Å². The molecule has 7 N–H and O–H groups in total. The van der Waals surface area contributed by atoms with Crippen molar-refractivity contribution < 1.29 is 73.8 Å². The lowest BCUT2D eigenvalue weighted by Gasteiger charge is -2.47. The van der Waals surface area contributed by atoms with Crippen molar-refractivity contribution in [3.8, 4) is 0 Å². The van der Waals surface area contributed by atoms with E-state index >= 15 is 0 Å². The quantitative estimate of drug-likeness (QED) is 0.128. The van der Waals surface area contributed by atoms with E-state index in [1.54, 1.807) is 12.1 Å². The van der Waals surface area contributed by atoms with Gasteiger partial charge >= 0.3 is 0 Å². The molecule has 4 fully saturated rings. The second kappa shape index (κ2) is 18.4. The van der Waals surface area contributed by atoms with Crippen molar-refractivity contribution in [3.05, 3.63) is 48.0 Å². The van der Waals surface area contributed by atoms with Crippen LogP contribution in [0.25, 0.3) is 10.8 Å². The van der Waals surface area contributed by atoms with E-state index in [1.807, 2.05) is 30.3 Å². The number of aliphatic hydroxyl groups is 6. The molecular weight excluding hydrogens is 710 g/mol. The van der Waals surface area contributed by atoms with Crippen LogP contribution in [0.3, 0.4) is 0 Å². The maximum Gasteiger partial charge on any atom is 0.251 e. The molecule has 54 heavy (non-hydrogen) atoms. The summed E-state index contributed by atoms with van der Waals surface area (Å²) in [5, 5.41) is 81.1. The van der Waals surface area contributed by atoms with Gasteiger partial charge in [-0.05, 0) is 48.6 Å². The highest BCUT2D eigenvalue weighted by atomic mass is 16.7. The van der Waals surface area contributed by atoms with Gasteiger partial charge in [0.1, 0.15) is 54.9 Å². The molecule has 14 unspecified atom stereocenters. The van der Waals surface area contributed by atoms with Crippen molar-refractivity contribution in [1.29, 1.82) is 0 Å². The zero-order valence-corrected chi connectivity index (χ0v) is 30.1. The first-order valence-electron chi connectivity index (χ1n) is 18.8. The number of carbonyl (C=O) groups is 2. The van der Waals surface area contributed by atoms with E-state index < -0.39 is 104 Å². The monoisotopic (exact) mass is 762 g/mol. The molecule has 3 saturated heterocycles. The summed E-state index contributed by atoms with van der Waals surface area (Å²) in [4.78, 5) is 25.5. The van der Waals surface area contributed by atoms with Crippen molar-refractivity contribution in [3.63, 3.8) is 0 Å². The Balaban J connectivity index is 1.20. The van der Waals surface area contributed by atoms with Crippen molar-refractivity contribution in [2.24, 2.45) is 5.92 Å². The summed E-state index contributed by atoms with van der Waals surface area (Å²) in [6.07, 6.45) is -14.7. The molecule has 300 valence electrons. The topological polar surface area (TPSA) is 246 Å². The Morgan fingerprint density at radius 1 is 0.833 bits per heavy atom. The molecule has 14 atom stereocenters. The number of aliphatic hydroxyl groups excluding tert-OH is 6. The SMILES string of the molecule is CC1OC(OC2C(CNC(=O)c3ccc4ccccc4c3)OCCC2OC2OC(CO)C(O)C(OC(CC3CCCCC3)C(=O)[O-])C2O)C(O)C(O)C1O. The Morgan fingerprint density at radius 2 is 1.56 bits per heavy atom. The Morgan fingerprint density at radius 3 is 2.28 bits per heavy atom. The van der Waals surface area contributed by atoms with Crippen LogP contribution in [0, 0.1) is 5.92 Å². The van der Waals surface area contributed by atoms with Crippen molar-refractivity contribution in [2.45, 2.75) is 138 Å². The number of carbonyl (C=O) groups excluding carboxylic acids is 2. The number of aliphatic carboxylic acids is 1. The number of carboxylic acids is 1. The largest absolute Gasteiger partial charge is 0.547 e. The van der Waals surface area contributed by atoms with Crippen molar-refractivity contribution in [2.75, 3.05) is 19.8 Å². The number of hydrogen-bond donors (Lipinski definition) is 7. The zero-order chi connectivity index (χ0) is 38.5. The molecule has 2 aromatic carbocycles. The first-order chi connectivity index (χ1) is 25.9. The molecule has 0 bridgehead atoms. The van der Waals surface area contributed by atoms with Crippen LogP contribution in [0.4, 0.5) is 0 Å². The molecular formula is C38H52NO15-. The third-order valence-corrected chi connectivity index (χ3v) is 11.0. The van der Waals surface area contributed by atoms with Gasteiger partial charge in [0.15, 0.2) is 12.6 Å². The third-order valence-electron chi connectivity index (χ3n) is 11.0. The Labute approximate surface area is 312 Å². The summed E-state index contributed by atoms with van der Waals surface area (Å²) in [7, 11) is 0. The van der Waals surface area contributed by atoms with E-state index in [0.717, 1.165) is 42.9 Å². The van der Waals surface area contributed by atoms with Gasteiger partial charge in [-0.25, -0.2) is 0 Å². The number of carboxylic acid groups (broad SMARTS) is 1. The van der Waals surface area contributed by atoms with E-state index in [2.05, 4.69) is 5.32 Å². The van der Waals surface area contributed by atoms with Crippen molar-refractivity contribution >= 4 is 22.6 Å². The minimum Gasteiger partial charge on any atom is -0.547 e. The molecule has 16 heteroatoms. The van der Waals surface area contributed by atoms with Gasteiger partial charge in [-0.2, -0.15) is 0 Å². The second-order valence-corrected chi connectivity index (χ2v) is 14.8. The lowest BCUT2D eigenvalue weighted by atomic mass is 9.85. The van der Waals surface area contributed by atoms with Gasteiger partial charge in [0.2, 0.25) is 0 Å². The molecule has 3 aliphatic heterocycles. The van der Waals surface area contributed by atoms with Gasteiger partial charge in [-0.1, -0.05) is 62.4 Å². The van der Waals surface area contributed by atoms with Gasteiger partial charge in [0.05, 0.1) is 30.9 Å². The summed E-state index contributed by atoms with van der Waals surface area (Å²) in [5.41, 5.74) is 0.392. The predicted octanol–water partition coefficient (Wildman–Crippen LogP) is -1.13. The van der Waals surface area contributed by atoms with Gasteiger partial charge in [0.25, 0.3) is 5.91 Å². The number of benzene rings is 2. The Kier molecular flexibility index (Phi) is 13.9. The Bertz CT molecular complexity index is 1540. The molecule has 4 aliphatic rings. The summed E-state index contributed by atoms with van der Waals surface area (Å²) in [5.74, 6) is -1.84. The number of fused-ring (bicyclic) bond motifs is 1. The third kappa shape index (κ3) is 9.40. The lowest BCUT2D eigenvalue weighted by Crippen LogP contribution is -2.64. The fourth-order valence-electron chi connectivity index (χ4n) is 7.86. The predicted molar refractivity (Wildman–Crippen MR) is 185 cm³/mol. The van der Waals surface area contributed by atoms with E-state index in [9.17, 15) is 45.3 Å².